The number of rotatable bonds is 5. The molecule has 2 unspecified atom stereocenters. The Balaban J connectivity index is 2.58. The number of thiophene rings is 1. The molecule has 0 radical (unpaired) electrons. The molecule has 0 saturated heterocycles. The fourth-order valence-electron chi connectivity index (χ4n) is 1.41. The van der Waals surface area contributed by atoms with E-state index in [9.17, 15) is 5.11 Å². The van der Waals surface area contributed by atoms with Crippen molar-refractivity contribution in [1.82, 2.24) is 5.32 Å². The zero-order valence-corrected chi connectivity index (χ0v) is 11.7. The van der Waals surface area contributed by atoms with Gasteiger partial charge in [0.15, 0.2) is 0 Å². The van der Waals surface area contributed by atoms with Crippen molar-refractivity contribution in [3.8, 4) is 0 Å². The highest BCUT2D eigenvalue weighted by molar-refractivity contribution is 9.10. The van der Waals surface area contributed by atoms with E-state index < -0.39 is 0 Å². The molecular formula is C11H18BrNOS. The lowest BCUT2D eigenvalue weighted by atomic mass is 10.0. The second-order valence-electron chi connectivity index (χ2n) is 4.09. The molecule has 1 rings (SSSR count). The monoisotopic (exact) mass is 291 g/mol. The molecule has 15 heavy (non-hydrogen) atoms. The van der Waals surface area contributed by atoms with Crippen LogP contribution in [0.2, 0.25) is 0 Å². The molecule has 2 N–H and O–H groups in total. The van der Waals surface area contributed by atoms with E-state index in [1.807, 2.05) is 0 Å². The van der Waals surface area contributed by atoms with Crippen molar-refractivity contribution in [3.05, 3.63) is 20.8 Å². The Bertz CT molecular complexity index is 301. The molecule has 0 aliphatic rings. The number of aliphatic hydroxyl groups is 1. The van der Waals surface area contributed by atoms with Crippen molar-refractivity contribution >= 4 is 27.3 Å². The Kier molecular flexibility index (Phi) is 5.26. The van der Waals surface area contributed by atoms with Crippen LogP contribution in [0.3, 0.4) is 0 Å². The van der Waals surface area contributed by atoms with Gasteiger partial charge in [-0.05, 0) is 34.8 Å². The van der Waals surface area contributed by atoms with Gasteiger partial charge in [0, 0.05) is 26.8 Å². The lowest BCUT2D eigenvalue weighted by molar-refractivity contribution is 0.202. The first-order valence-electron chi connectivity index (χ1n) is 5.15. The van der Waals surface area contributed by atoms with Crippen LogP contribution in [0.4, 0.5) is 0 Å². The summed E-state index contributed by atoms with van der Waals surface area (Å²) in [5.41, 5.74) is 0. The summed E-state index contributed by atoms with van der Waals surface area (Å²) < 4.78 is 1.13. The topological polar surface area (TPSA) is 32.3 Å². The van der Waals surface area contributed by atoms with Gasteiger partial charge in [0.05, 0.1) is 6.61 Å². The molecule has 0 bridgehead atoms. The van der Waals surface area contributed by atoms with Gasteiger partial charge in [-0.15, -0.1) is 11.3 Å². The van der Waals surface area contributed by atoms with Gasteiger partial charge in [0.2, 0.25) is 0 Å². The van der Waals surface area contributed by atoms with Crippen molar-refractivity contribution in [1.29, 1.82) is 0 Å². The third-order valence-corrected chi connectivity index (χ3v) is 4.36. The molecular weight excluding hydrogens is 274 g/mol. The van der Waals surface area contributed by atoms with E-state index in [0.29, 0.717) is 12.0 Å². The van der Waals surface area contributed by atoms with Crippen LogP contribution in [-0.4, -0.2) is 17.8 Å². The third kappa shape index (κ3) is 3.87. The SMILES string of the molecule is CC(NC(CO)C(C)C)c1cc(Br)cs1. The van der Waals surface area contributed by atoms with Gasteiger partial charge in [-0.3, -0.25) is 0 Å². The van der Waals surface area contributed by atoms with Crippen LogP contribution < -0.4 is 5.32 Å². The minimum atomic E-state index is 0.167. The Morgan fingerprint density at radius 1 is 1.47 bits per heavy atom. The van der Waals surface area contributed by atoms with Crippen molar-refractivity contribution < 1.29 is 5.11 Å². The van der Waals surface area contributed by atoms with Gasteiger partial charge >= 0.3 is 0 Å². The third-order valence-electron chi connectivity index (χ3n) is 2.48. The first-order valence-corrected chi connectivity index (χ1v) is 6.82. The molecule has 0 spiro atoms. The van der Waals surface area contributed by atoms with Crippen LogP contribution in [0.1, 0.15) is 31.7 Å². The van der Waals surface area contributed by atoms with Crippen LogP contribution in [-0.2, 0) is 0 Å². The molecule has 86 valence electrons. The van der Waals surface area contributed by atoms with Crippen molar-refractivity contribution in [2.75, 3.05) is 6.61 Å². The zero-order chi connectivity index (χ0) is 11.4. The van der Waals surface area contributed by atoms with Crippen molar-refractivity contribution in [2.24, 2.45) is 5.92 Å². The summed E-state index contributed by atoms with van der Waals surface area (Å²) in [6.07, 6.45) is 0. The van der Waals surface area contributed by atoms with Gasteiger partial charge < -0.3 is 10.4 Å². The quantitative estimate of drug-likeness (QED) is 0.873. The van der Waals surface area contributed by atoms with Crippen molar-refractivity contribution in [3.63, 3.8) is 0 Å². The van der Waals surface area contributed by atoms with Crippen LogP contribution >= 0.6 is 27.3 Å². The van der Waals surface area contributed by atoms with E-state index in [1.165, 1.54) is 4.88 Å². The Labute approximate surface area is 104 Å². The minimum Gasteiger partial charge on any atom is -0.395 e. The Hall–Kier alpha value is 0.1000. The molecule has 1 heterocycles. The summed E-state index contributed by atoms with van der Waals surface area (Å²) in [4.78, 5) is 1.29. The van der Waals surface area contributed by atoms with Crippen molar-refractivity contribution in [2.45, 2.75) is 32.9 Å². The molecule has 4 heteroatoms. The van der Waals surface area contributed by atoms with Crippen LogP contribution in [0.15, 0.2) is 15.9 Å². The van der Waals surface area contributed by atoms with E-state index in [4.69, 9.17) is 0 Å². The second-order valence-corrected chi connectivity index (χ2v) is 5.95. The van der Waals surface area contributed by atoms with E-state index in [0.717, 1.165) is 4.47 Å². The predicted molar refractivity (Wildman–Crippen MR) is 69.3 cm³/mol. The molecule has 1 aromatic heterocycles. The number of nitrogens with one attached hydrogen (secondary N) is 1. The maximum absolute atomic E-state index is 9.23. The average molecular weight is 292 g/mol. The van der Waals surface area contributed by atoms with E-state index in [1.54, 1.807) is 11.3 Å². The zero-order valence-electron chi connectivity index (χ0n) is 9.33. The fraction of sp³-hybridized carbons (Fsp3) is 0.636. The highest BCUT2D eigenvalue weighted by Crippen LogP contribution is 2.26. The maximum Gasteiger partial charge on any atom is 0.0587 e. The largest absolute Gasteiger partial charge is 0.395 e. The highest BCUT2D eigenvalue weighted by Gasteiger charge is 2.16. The van der Waals surface area contributed by atoms with Crippen LogP contribution in [0, 0.1) is 5.92 Å². The maximum atomic E-state index is 9.23. The summed E-state index contributed by atoms with van der Waals surface area (Å²) in [5, 5.41) is 14.7. The summed E-state index contributed by atoms with van der Waals surface area (Å²) in [7, 11) is 0. The fourth-order valence-corrected chi connectivity index (χ4v) is 2.88. The molecule has 2 atom stereocenters. The average Bonchev–Trinajstić information content (AvgIpc) is 2.60. The van der Waals surface area contributed by atoms with E-state index in [-0.39, 0.29) is 12.6 Å². The molecule has 2 nitrogen and oxygen atoms in total. The van der Waals surface area contributed by atoms with Gasteiger partial charge in [0.1, 0.15) is 0 Å². The summed E-state index contributed by atoms with van der Waals surface area (Å²) >= 11 is 5.18. The molecule has 0 saturated carbocycles. The van der Waals surface area contributed by atoms with Gasteiger partial charge in [-0.25, -0.2) is 0 Å². The number of aliphatic hydroxyl groups excluding tert-OH is 1. The molecule has 0 aliphatic heterocycles. The van der Waals surface area contributed by atoms with E-state index >= 15 is 0 Å². The normalized spacial score (nSPS) is 15.6. The van der Waals surface area contributed by atoms with Gasteiger partial charge in [-0.2, -0.15) is 0 Å². The smallest absolute Gasteiger partial charge is 0.0587 e. The second kappa shape index (κ2) is 5.99. The summed E-state index contributed by atoms with van der Waals surface area (Å²) in [5.74, 6) is 0.445. The summed E-state index contributed by atoms with van der Waals surface area (Å²) in [6.45, 7) is 6.55. The lowest BCUT2D eigenvalue weighted by Crippen LogP contribution is -2.38. The number of halogens is 1. The van der Waals surface area contributed by atoms with Crippen LogP contribution in [0.25, 0.3) is 0 Å². The summed E-state index contributed by atoms with van der Waals surface area (Å²) in [6, 6.07) is 2.58. The Morgan fingerprint density at radius 3 is 2.53 bits per heavy atom. The molecule has 0 aliphatic carbocycles. The molecule has 0 fully saturated rings. The predicted octanol–water partition coefficient (Wildman–Crippen LogP) is 3.18. The van der Waals surface area contributed by atoms with Gasteiger partial charge in [0.25, 0.3) is 0 Å². The van der Waals surface area contributed by atoms with E-state index in [2.05, 4.69) is 53.5 Å². The Morgan fingerprint density at radius 2 is 2.13 bits per heavy atom. The number of hydrogen-bond donors (Lipinski definition) is 2. The first-order chi connectivity index (χ1) is 7.04. The first kappa shape index (κ1) is 13.2. The standard InChI is InChI=1S/C11H18BrNOS/c1-7(2)10(5-14)13-8(3)11-4-9(12)6-15-11/h4,6-8,10,13-14H,5H2,1-3H3. The number of hydrogen-bond acceptors (Lipinski definition) is 3. The lowest BCUT2D eigenvalue weighted by Gasteiger charge is -2.24. The highest BCUT2D eigenvalue weighted by atomic mass is 79.9. The minimum absolute atomic E-state index is 0.167. The van der Waals surface area contributed by atoms with Gasteiger partial charge in [-0.1, -0.05) is 13.8 Å². The molecule has 1 aromatic rings. The molecule has 0 amide bonds. The molecule has 0 aromatic carbocycles. The van der Waals surface area contributed by atoms with Crippen LogP contribution in [0.5, 0.6) is 0 Å².